The first kappa shape index (κ1) is 23.2. The van der Waals surface area contributed by atoms with Gasteiger partial charge in [-0.05, 0) is 66.8 Å². The van der Waals surface area contributed by atoms with Crippen LogP contribution in [0.15, 0.2) is 59.4 Å². The highest BCUT2D eigenvalue weighted by atomic mass is 16.3. The molecule has 0 heterocycles. The van der Waals surface area contributed by atoms with Gasteiger partial charge < -0.3 is 15.3 Å². The molecule has 0 saturated carbocycles. The van der Waals surface area contributed by atoms with Crippen molar-refractivity contribution in [2.24, 2.45) is 11.8 Å². The van der Waals surface area contributed by atoms with Gasteiger partial charge >= 0.3 is 0 Å². The molecule has 3 aliphatic carbocycles. The molecule has 0 unspecified atom stereocenters. The fourth-order valence-corrected chi connectivity index (χ4v) is 6.02. The fraction of sp³-hybridized carbons (Fsp3) is 0.345. The number of phenolic OH excluding ortho intramolecular Hbond substituents is 1. The third-order valence-corrected chi connectivity index (χ3v) is 7.78. The van der Waals surface area contributed by atoms with Crippen molar-refractivity contribution in [1.82, 2.24) is 0 Å². The Labute approximate surface area is 203 Å². The van der Waals surface area contributed by atoms with Crippen molar-refractivity contribution in [2.75, 3.05) is 0 Å². The average molecular weight is 473 g/mol. The summed E-state index contributed by atoms with van der Waals surface area (Å²) < 4.78 is 0. The normalized spacial score (nSPS) is 25.5. The Bertz CT molecular complexity index is 1330. The van der Waals surface area contributed by atoms with Crippen molar-refractivity contribution in [2.45, 2.75) is 51.6 Å². The molecular formula is C29H28O6. The lowest BCUT2D eigenvalue weighted by atomic mass is 9.60. The highest BCUT2D eigenvalue weighted by Gasteiger charge is 2.57. The zero-order valence-electron chi connectivity index (χ0n) is 19.8. The van der Waals surface area contributed by atoms with Crippen LogP contribution in [0.2, 0.25) is 0 Å². The molecule has 0 aromatic heterocycles. The van der Waals surface area contributed by atoms with Crippen molar-refractivity contribution in [3.63, 3.8) is 0 Å². The second-order valence-electron chi connectivity index (χ2n) is 9.86. The molecule has 0 fully saturated rings. The van der Waals surface area contributed by atoms with E-state index in [1.165, 1.54) is 24.6 Å². The van der Waals surface area contributed by atoms with Gasteiger partial charge in [0.2, 0.25) is 5.78 Å². The minimum atomic E-state index is -2.31. The van der Waals surface area contributed by atoms with Crippen molar-refractivity contribution >= 4 is 17.3 Å². The number of aliphatic hydroxyl groups is 2. The van der Waals surface area contributed by atoms with Gasteiger partial charge in [0.1, 0.15) is 11.5 Å². The first-order chi connectivity index (χ1) is 16.7. The number of rotatable bonds is 4. The smallest absolute Gasteiger partial charge is 0.205 e. The van der Waals surface area contributed by atoms with Gasteiger partial charge in [0.25, 0.3) is 0 Å². The Morgan fingerprint density at radius 3 is 2.46 bits per heavy atom. The van der Waals surface area contributed by atoms with Gasteiger partial charge in [0, 0.05) is 11.5 Å². The molecule has 0 amide bonds. The van der Waals surface area contributed by atoms with Crippen molar-refractivity contribution in [3.05, 3.63) is 76.1 Å². The van der Waals surface area contributed by atoms with E-state index in [2.05, 4.69) is 19.1 Å². The number of hydrogen-bond acceptors (Lipinski definition) is 6. The molecule has 180 valence electrons. The number of aryl methyl sites for hydroxylation is 1. The molecule has 2 aromatic carbocycles. The predicted molar refractivity (Wildman–Crippen MR) is 130 cm³/mol. The van der Waals surface area contributed by atoms with E-state index in [0.29, 0.717) is 18.4 Å². The van der Waals surface area contributed by atoms with Crippen LogP contribution in [-0.4, -0.2) is 38.3 Å². The highest BCUT2D eigenvalue weighted by Crippen LogP contribution is 2.51. The lowest BCUT2D eigenvalue weighted by Crippen LogP contribution is -2.55. The molecule has 5 rings (SSSR count). The molecule has 3 atom stereocenters. The number of benzene rings is 2. The maximum Gasteiger partial charge on any atom is 0.205 e. The third kappa shape index (κ3) is 3.39. The van der Waals surface area contributed by atoms with E-state index in [4.69, 9.17) is 0 Å². The van der Waals surface area contributed by atoms with Crippen molar-refractivity contribution in [3.8, 4) is 16.9 Å². The summed E-state index contributed by atoms with van der Waals surface area (Å²) in [4.78, 5) is 38.6. The highest BCUT2D eigenvalue weighted by molar-refractivity contribution is 6.24. The number of carbonyl (C=O) groups is 3. The minimum absolute atomic E-state index is 0.0415. The van der Waals surface area contributed by atoms with Gasteiger partial charge in [0.15, 0.2) is 17.2 Å². The number of hydrogen-bond donors (Lipinski definition) is 3. The standard InChI is InChI=1S/C29H28O6/c1-3-4-16-5-7-17(8-6-16)21-11-12-23(31)25-22(21)14-18-13-19-9-10-20(15(2)30)27(33)29(19,35)28(34)24(18)26(25)32/h5-8,10-12,18-19,31,34-35H,3-4,9,13-14H2,1-2H3/t18-,19-,29-/m1/s1. The Kier molecular flexibility index (Phi) is 5.52. The van der Waals surface area contributed by atoms with E-state index in [-0.39, 0.29) is 28.9 Å². The summed E-state index contributed by atoms with van der Waals surface area (Å²) in [6.45, 7) is 3.36. The van der Waals surface area contributed by atoms with E-state index < -0.39 is 40.5 Å². The number of aliphatic hydroxyl groups excluding tert-OH is 1. The summed E-state index contributed by atoms with van der Waals surface area (Å²) >= 11 is 0. The molecule has 0 spiro atoms. The summed E-state index contributed by atoms with van der Waals surface area (Å²) in [7, 11) is 0. The van der Waals surface area contributed by atoms with Crippen LogP contribution in [0.25, 0.3) is 11.1 Å². The number of carbonyl (C=O) groups excluding carboxylic acids is 3. The first-order valence-electron chi connectivity index (χ1n) is 12.1. The second-order valence-corrected chi connectivity index (χ2v) is 9.86. The Morgan fingerprint density at radius 2 is 1.80 bits per heavy atom. The summed E-state index contributed by atoms with van der Waals surface area (Å²) in [6.07, 6.45) is 4.48. The molecule has 0 bridgehead atoms. The monoisotopic (exact) mass is 472 g/mol. The maximum absolute atomic E-state index is 13.7. The van der Waals surface area contributed by atoms with Crippen LogP contribution in [0.4, 0.5) is 0 Å². The summed E-state index contributed by atoms with van der Waals surface area (Å²) in [5.74, 6) is -3.89. The largest absolute Gasteiger partial charge is 0.508 e. The Morgan fingerprint density at radius 1 is 1.09 bits per heavy atom. The van der Waals surface area contributed by atoms with Crippen LogP contribution < -0.4 is 0 Å². The molecule has 2 aromatic rings. The Balaban J connectivity index is 1.62. The van der Waals surface area contributed by atoms with Gasteiger partial charge in [-0.2, -0.15) is 0 Å². The molecular weight excluding hydrogens is 444 g/mol. The third-order valence-electron chi connectivity index (χ3n) is 7.78. The lowest BCUT2D eigenvalue weighted by molar-refractivity contribution is -0.142. The van der Waals surface area contributed by atoms with Crippen LogP contribution in [-0.2, 0) is 22.4 Å². The number of aromatic hydroxyl groups is 1. The average Bonchev–Trinajstić information content (AvgIpc) is 2.82. The van der Waals surface area contributed by atoms with Crippen LogP contribution in [0.1, 0.15) is 54.6 Å². The number of phenols is 1. The van der Waals surface area contributed by atoms with Gasteiger partial charge in [-0.15, -0.1) is 0 Å². The molecule has 35 heavy (non-hydrogen) atoms. The zero-order chi connectivity index (χ0) is 25.1. The van der Waals surface area contributed by atoms with Crippen LogP contribution in [0, 0.1) is 11.8 Å². The van der Waals surface area contributed by atoms with Crippen molar-refractivity contribution < 1.29 is 29.7 Å². The fourth-order valence-electron chi connectivity index (χ4n) is 6.02. The van der Waals surface area contributed by atoms with Gasteiger partial charge in [-0.1, -0.05) is 49.8 Å². The van der Waals surface area contributed by atoms with Crippen molar-refractivity contribution in [1.29, 1.82) is 0 Å². The van der Waals surface area contributed by atoms with Gasteiger partial charge in [0.05, 0.1) is 11.1 Å². The van der Waals surface area contributed by atoms with Gasteiger partial charge in [-0.25, -0.2) is 0 Å². The molecule has 0 radical (unpaired) electrons. The molecule has 6 nitrogen and oxygen atoms in total. The quantitative estimate of drug-likeness (QED) is 0.568. The molecule has 6 heteroatoms. The summed E-state index contributed by atoms with van der Waals surface area (Å²) in [5, 5.41) is 33.2. The van der Waals surface area contributed by atoms with E-state index >= 15 is 0 Å². The number of fused-ring (bicyclic) bond motifs is 3. The van der Waals surface area contributed by atoms with E-state index in [1.54, 1.807) is 6.07 Å². The molecule has 3 aliphatic rings. The number of allylic oxidation sites excluding steroid dienone is 2. The van der Waals surface area contributed by atoms with Crippen LogP contribution in [0.3, 0.4) is 0 Å². The van der Waals surface area contributed by atoms with Gasteiger partial charge in [-0.3, -0.25) is 14.4 Å². The topological polar surface area (TPSA) is 112 Å². The maximum atomic E-state index is 13.7. The summed E-state index contributed by atoms with van der Waals surface area (Å²) in [5.41, 5.74) is 1.28. The minimum Gasteiger partial charge on any atom is -0.508 e. The SMILES string of the molecule is CCCc1ccc(-c2ccc(O)c3c2C[C@H]2C[C@H]4CC=C(C(C)=O)C(=O)[C@@]4(O)C(O)=C2C3=O)cc1. The summed E-state index contributed by atoms with van der Waals surface area (Å²) in [6, 6.07) is 11.4. The molecule has 0 saturated heterocycles. The second kappa shape index (κ2) is 8.31. The lowest BCUT2D eigenvalue weighted by Gasteiger charge is -2.45. The molecule has 3 N–H and O–H groups in total. The molecule has 0 aliphatic heterocycles. The number of ketones is 3. The van der Waals surface area contributed by atoms with E-state index in [1.807, 2.05) is 12.1 Å². The zero-order valence-corrected chi connectivity index (χ0v) is 19.8. The van der Waals surface area contributed by atoms with E-state index in [9.17, 15) is 29.7 Å². The van der Waals surface area contributed by atoms with Crippen LogP contribution >= 0.6 is 0 Å². The van der Waals surface area contributed by atoms with E-state index in [0.717, 1.165) is 24.0 Å². The first-order valence-corrected chi connectivity index (χ1v) is 12.1. The van der Waals surface area contributed by atoms with Crippen LogP contribution in [0.5, 0.6) is 5.75 Å². The predicted octanol–water partition coefficient (Wildman–Crippen LogP) is 4.42. The number of Topliss-reactive ketones (excluding diaryl/α,β-unsaturated/α-hetero) is 3. The Hall–Kier alpha value is -3.51.